The zero-order chi connectivity index (χ0) is 13.5. The lowest BCUT2D eigenvalue weighted by molar-refractivity contribution is 0.302. The molecule has 3 heteroatoms. The highest BCUT2D eigenvalue weighted by Crippen LogP contribution is 2.42. The van der Waals surface area contributed by atoms with Gasteiger partial charge in [-0.1, -0.05) is 19.3 Å². The smallest absolute Gasteiger partial charge is 0.125 e. The van der Waals surface area contributed by atoms with Crippen molar-refractivity contribution in [3.05, 3.63) is 35.8 Å². The second-order valence-corrected chi connectivity index (χ2v) is 5.86. The number of benzene rings is 1. The van der Waals surface area contributed by atoms with E-state index in [1.807, 2.05) is 17.7 Å². The van der Waals surface area contributed by atoms with Gasteiger partial charge in [0.15, 0.2) is 0 Å². The predicted octanol–water partition coefficient (Wildman–Crippen LogP) is 3.48. The minimum absolute atomic E-state index is 0.0928. The van der Waals surface area contributed by atoms with Gasteiger partial charge in [-0.15, -0.1) is 0 Å². The summed E-state index contributed by atoms with van der Waals surface area (Å²) in [6, 6.07) is 5.08. The molecule has 1 aromatic carbocycles. The number of hydrogen-bond donors (Lipinski definition) is 1. The molecule has 0 amide bonds. The van der Waals surface area contributed by atoms with Crippen LogP contribution in [0.4, 0.5) is 4.39 Å². The summed E-state index contributed by atoms with van der Waals surface area (Å²) in [6.07, 6.45) is 8.26. The summed E-state index contributed by atoms with van der Waals surface area (Å²) in [5, 5.41) is 1.16. The molecule has 1 aliphatic rings. The van der Waals surface area contributed by atoms with Crippen LogP contribution in [0.3, 0.4) is 0 Å². The van der Waals surface area contributed by atoms with Crippen molar-refractivity contribution in [2.75, 3.05) is 6.54 Å². The van der Waals surface area contributed by atoms with Crippen LogP contribution in [0, 0.1) is 5.82 Å². The first kappa shape index (κ1) is 12.7. The largest absolute Gasteiger partial charge is 0.350 e. The SMILES string of the molecule is Cn1cc(C2(CN)CCCCC2)c2ccc(F)cc21. The summed E-state index contributed by atoms with van der Waals surface area (Å²) < 4.78 is 15.4. The second-order valence-electron chi connectivity index (χ2n) is 5.86. The van der Waals surface area contributed by atoms with E-state index in [1.165, 1.54) is 24.8 Å². The summed E-state index contributed by atoms with van der Waals surface area (Å²) in [7, 11) is 1.98. The number of aryl methyl sites for hydroxylation is 1. The minimum Gasteiger partial charge on any atom is -0.350 e. The average Bonchev–Trinajstić information content (AvgIpc) is 2.77. The number of aromatic nitrogens is 1. The molecule has 1 aliphatic carbocycles. The van der Waals surface area contributed by atoms with Gasteiger partial charge in [0.05, 0.1) is 5.52 Å². The van der Waals surface area contributed by atoms with Crippen molar-refractivity contribution >= 4 is 10.9 Å². The van der Waals surface area contributed by atoms with Gasteiger partial charge in [-0.3, -0.25) is 0 Å². The number of fused-ring (bicyclic) bond motifs is 1. The molecule has 1 aromatic heterocycles. The maximum absolute atomic E-state index is 13.4. The number of halogens is 1. The molecule has 2 nitrogen and oxygen atoms in total. The highest BCUT2D eigenvalue weighted by atomic mass is 19.1. The van der Waals surface area contributed by atoms with Gasteiger partial charge in [0.1, 0.15) is 5.82 Å². The molecule has 0 spiro atoms. The second kappa shape index (κ2) is 4.64. The quantitative estimate of drug-likeness (QED) is 0.880. The first-order valence-electron chi connectivity index (χ1n) is 7.11. The third-order valence-electron chi connectivity index (χ3n) is 4.73. The van der Waals surface area contributed by atoms with Crippen LogP contribution in [0.15, 0.2) is 24.4 Å². The average molecular weight is 260 g/mol. The summed E-state index contributed by atoms with van der Waals surface area (Å²) in [5.74, 6) is -0.175. The molecule has 102 valence electrons. The van der Waals surface area contributed by atoms with Crippen LogP contribution < -0.4 is 5.73 Å². The standard InChI is InChI=1S/C16H21FN2/c1-19-10-14(13-6-5-12(17)9-15(13)19)16(11-18)7-3-2-4-8-16/h5-6,9-10H,2-4,7-8,11,18H2,1H3. The lowest BCUT2D eigenvalue weighted by Gasteiger charge is -2.36. The summed E-state index contributed by atoms with van der Waals surface area (Å²) in [5.41, 5.74) is 8.49. The fourth-order valence-corrected chi connectivity index (χ4v) is 3.59. The molecule has 0 saturated heterocycles. The lowest BCUT2D eigenvalue weighted by Crippen LogP contribution is -2.37. The van der Waals surface area contributed by atoms with Gasteiger partial charge >= 0.3 is 0 Å². The molecule has 3 rings (SSSR count). The molecule has 0 atom stereocenters. The van der Waals surface area contributed by atoms with E-state index in [9.17, 15) is 4.39 Å². The zero-order valence-corrected chi connectivity index (χ0v) is 11.5. The molecule has 0 unspecified atom stereocenters. The first-order valence-corrected chi connectivity index (χ1v) is 7.11. The van der Waals surface area contributed by atoms with Gasteiger partial charge in [-0.2, -0.15) is 0 Å². The van der Waals surface area contributed by atoms with E-state index in [0.717, 1.165) is 23.7 Å². The maximum Gasteiger partial charge on any atom is 0.125 e. The molecule has 1 heterocycles. The number of nitrogens with two attached hydrogens (primary N) is 1. The Morgan fingerprint density at radius 2 is 2.00 bits per heavy atom. The van der Waals surface area contributed by atoms with Crippen molar-refractivity contribution in [3.8, 4) is 0 Å². The Bertz CT molecular complexity index is 594. The Morgan fingerprint density at radius 1 is 1.26 bits per heavy atom. The van der Waals surface area contributed by atoms with Crippen LogP contribution in [0.1, 0.15) is 37.7 Å². The fourth-order valence-electron chi connectivity index (χ4n) is 3.59. The molecule has 0 aliphatic heterocycles. The third-order valence-corrected chi connectivity index (χ3v) is 4.73. The van der Waals surface area contributed by atoms with Crippen LogP contribution in [0.2, 0.25) is 0 Å². The molecular formula is C16H21FN2. The zero-order valence-electron chi connectivity index (χ0n) is 11.5. The van der Waals surface area contributed by atoms with Crippen molar-refractivity contribution in [3.63, 3.8) is 0 Å². The van der Waals surface area contributed by atoms with Gasteiger partial charge in [0, 0.05) is 30.6 Å². The highest BCUT2D eigenvalue weighted by molar-refractivity contribution is 5.85. The van der Waals surface area contributed by atoms with Gasteiger partial charge in [0.25, 0.3) is 0 Å². The van der Waals surface area contributed by atoms with E-state index < -0.39 is 0 Å². The van der Waals surface area contributed by atoms with E-state index >= 15 is 0 Å². The first-order chi connectivity index (χ1) is 9.16. The Labute approximate surface area is 113 Å². The van der Waals surface area contributed by atoms with Gasteiger partial charge in [-0.25, -0.2) is 4.39 Å². The molecule has 0 radical (unpaired) electrons. The van der Waals surface area contributed by atoms with Crippen molar-refractivity contribution in [1.29, 1.82) is 0 Å². The van der Waals surface area contributed by atoms with Crippen LogP contribution in [0.5, 0.6) is 0 Å². The molecule has 0 bridgehead atoms. The van der Waals surface area contributed by atoms with Crippen LogP contribution in [-0.4, -0.2) is 11.1 Å². The monoisotopic (exact) mass is 260 g/mol. The third kappa shape index (κ3) is 1.96. The van der Waals surface area contributed by atoms with E-state index in [0.29, 0.717) is 6.54 Å². The predicted molar refractivity (Wildman–Crippen MR) is 76.7 cm³/mol. The van der Waals surface area contributed by atoms with E-state index in [1.54, 1.807) is 12.1 Å². The molecular weight excluding hydrogens is 239 g/mol. The Hall–Kier alpha value is -1.35. The van der Waals surface area contributed by atoms with Gasteiger partial charge in [-0.05, 0) is 36.6 Å². The molecule has 1 saturated carbocycles. The van der Waals surface area contributed by atoms with Crippen molar-refractivity contribution < 1.29 is 4.39 Å². The molecule has 2 aromatic rings. The summed E-state index contributed by atoms with van der Waals surface area (Å²) in [4.78, 5) is 0. The molecule has 1 fully saturated rings. The molecule has 19 heavy (non-hydrogen) atoms. The summed E-state index contributed by atoms with van der Waals surface area (Å²) in [6.45, 7) is 0.684. The normalized spacial score (nSPS) is 18.9. The van der Waals surface area contributed by atoms with E-state index in [4.69, 9.17) is 5.73 Å². The van der Waals surface area contributed by atoms with Gasteiger partial charge in [0.2, 0.25) is 0 Å². The Morgan fingerprint density at radius 3 is 2.68 bits per heavy atom. The van der Waals surface area contributed by atoms with Crippen molar-refractivity contribution in [2.24, 2.45) is 12.8 Å². The van der Waals surface area contributed by atoms with E-state index in [2.05, 4.69) is 6.20 Å². The topological polar surface area (TPSA) is 30.9 Å². The molecule has 2 N–H and O–H groups in total. The highest BCUT2D eigenvalue weighted by Gasteiger charge is 2.34. The van der Waals surface area contributed by atoms with Crippen LogP contribution in [0.25, 0.3) is 10.9 Å². The van der Waals surface area contributed by atoms with Crippen LogP contribution in [-0.2, 0) is 12.5 Å². The number of hydrogen-bond acceptors (Lipinski definition) is 1. The van der Waals surface area contributed by atoms with Crippen molar-refractivity contribution in [1.82, 2.24) is 4.57 Å². The lowest BCUT2D eigenvalue weighted by atomic mass is 9.69. The fraction of sp³-hybridized carbons (Fsp3) is 0.500. The number of rotatable bonds is 2. The minimum atomic E-state index is -0.175. The van der Waals surface area contributed by atoms with E-state index in [-0.39, 0.29) is 11.2 Å². The van der Waals surface area contributed by atoms with Crippen molar-refractivity contribution in [2.45, 2.75) is 37.5 Å². The summed E-state index contributed by atoms with van der Waals surface area (Å²) >= 11 is 0. The van der Waals surface area contributed by atoms with Gasteiger partial charge < -0.3 is 10.3 Å². The maximum atomic E-state index is 13.4. The van der Waals surface area contributed by atoms with Crippen LogP contribution >= 0.6 is 0 Å². The Balaban J connectivity index is 2.18. The number of nitrogens with zero attached hydrogens (tertiary/aromatic N) is 1. The Kier molecular flexibility index (Phi) is 3.09.